The summed E-state index contributed by atoms with van der Waals surface area (Å²) in [5.41, 5.74) is 4.60. The fourth-order valence-corrected chi connectivity index (χ4v) is 3.99. The average Bonchev–Trinajstić information content (AvgIpc) is 2.82. The molecule has 3 aromatic carbocycles. The predicted molar refractivity (Wildman–Crippen MR) is 129 cm³/mol. The third-order valence-corrected chi connectivity index (χ3v) is 5.76. The van der Waals surface area contributed by atoms with Gasteiger partial charge >= 0.3 is 0 Å². The normalized spacial score (nSPS) is 11.2. The van der Waals surface area contributed by atoms with Crippen molar-refractivity contribution < 1.29 is 14.3 Å². The molecule has 32 heavy (non-hydrogen) atoms. The molecule has 0 saturated carbocycles. The lowest BCUT2D eigenvalue weighted by atomic mass is 10.1. The van der Waals surface area contributed by atoms with E-state index >= 15 is 0 Å². The molecule has 0 unspecified atom stereocenters. The first-order valence-electron chi connectivity index (χ1n) is 9.77. The number of rotatable bonds is 6. The van der Waals surface area contributed by atoms with Crippen LogP contribution < -0.4 is 20.3 Å². The number of ether oxygens (including phenoxy) is 2. The van der Waals surface area contributed by atoms with Gasteiger partial charge in [0.05, 0.1) is 31.5 Å². The first-order chi connectivity index (χ1) is 15.5. The molecule has 0 aliphatic rings. The SMILES string of the molecule is COc1cc(Br)c(/C=N/NC(=O)Cn2c3ccccc3c(=O)c3ccccc32)cc1OC. The van der Waals surface area contributed by atoms with Gasteiger partial charge in [-0.15, -0.1) is 0 Å². The van der Waals surface area contributed by atoms with Crippen LogP contribution in [-0.4, -0.2) is 30.9 Å². The zero-order valence-electron chi connectivity index (χ0n) is 17.5. The number of nitrogens with one attached hydrogen (secondary N) is 1. The first-order valence-corrected chi connectivity index (χ1v) is 10.6. The molecule has 0 spiro atoms. The number of carbonyl (C=O) groups is 1. The van der Waals surface area contributed by atoms with Crippen LogP contribution >= 0.6 is 15.9 Å². The minimum Gasteiger partial charge on any atom is -0.493 e. The van der Waals surface area contributed by atoms with Gasteiger partial charge in [-0.05, 0) is 52.3 Å². The molecule has 0 aliphatic heterocycles. The van der Waals surface area contributed by atoms with E-state index in [0.29, 0.717) is 38.9 Å². The largest absolute Gasteiger partial charge is 0.493 e. The van der Waals surface area contributed by atoms with Crippen molar-refractivity contribution in [1.82, 2.24) is 9.99 Å². The van der Waals surface area contributed by atoms with Crippen LogP contribution in [0.3, 0.4) is 0 Å². The molecule has 0 saturated heterocycles. The van der Waals surface area contributed by atoms with E-state index in [1.54, 1.807) is 38.5 Å². The number of para-hydroxylation sites is 2. The maximum absolute atomic E-state index is 12.8. The van der Waals surface area contributed by atoms with Crippen LogP contribution in [0, 0.1) is 0 Å². The molecule has 7 nitrogen and oxygen atoms in total. The highest BCUT2D eigenvalue weighted by atomic mass is 79.9. The van der Waals surface area contributed by atoms with Crippen molar-refractivity contribution >= 4 is 49.9 Å². The number of methoxy groups -OCH3 is 2. The van der Waals surface area contributed by atoms with Crippen molar-refractivity contribution in [3.63, 3.8) is 0 Å². The number of hydrogen-bond donors (Lipinski definition) is 1. The first kappa shape index (κ1) is 21.6. The molecule has 4 aromatic rings. The Bertz CT molecular complexity index is 1350. The number of nitrogens with zero attached hydrogens (tertiary/aromatic N) is 2. The minimum absolute atomic E-state index is 0.00570. The smallest absolute Gasteiger partial charge is 0.260 e. The summed E-state index contributed by atoms with van der Waals surface area (Å²) in [6.07, 6.45) is 1.52. The van der Waals surface area contributed by atoms with E-state index in [9.17, 15) is 9.59 Å². The molecule has 1 heterocycles. The number of amides is 1. The predicted octanol–water partition coefficient (Wildman–Crippen LogP) is 4.08. The Hall–Kier alpha value is -3.65. The number of halogens is 1. The fraction of sp³-hybridized carbons (Fsp3) is 0.125. The summed E-state index contributed by atoms with van der Waals surface area (Å²) in [7, 11) is 3.11. The highest BCUT2D eigenvalue weighted by molar-refractivity contribution is 9.10. The van der Waals surface area contributed by atoms with Crippen LogP contribution in [0.15, 0.2) is 75.0 Å². The van der Waals surface area contributed by atoms with Gasteiger partial charge in [-0.1, -0.05) is 24.3 Å². The number of hydrazone groups is 1. The zero-order chi connectivity index (χ0) is 22.7. The van der Waals surface area contributed by atoms with Crippen molar-refractivity contribution in [2.45, 2.75) is 6.54 Å². The molecule has 1 N–H and O–H groups in total. The van der Waals surface area contributed by atoms with Gasteiger partial charge in [-0.25, -0.2) is 5.43 Å². The second-order valence-corrected chi connectivity index (χ2v) is 7.83. The highest BCUT2D eigenvalue weighted by Crippen LogP contribution is 2.32. The number of benzene rings is 3. The molecule has 0 atom stereocenters. The zero-order valence-corrected chi connectivity index (χ0v) is 19.0. The van der Waals surface area contributed by atoms with Gasteiger partial charge in [0.1, 0.15) is 6.54 Å². The van der Waals surface area contributed by atoms with Crippen LogP contribution in [0.4, 0.5) is 0 Å². The maximum Gasteiger partial charge on any atom is 0.260 e. The summed E-state index contributed by atoms with van der Waals surface area (Å²) < 4.78 is 13.1. The van der Waals surface area contributed by atoms with Gasteiger partial charge in [0.15, 0.2) is 16.9 Å². The number of carbonyl (C=O) groups excluding carboxylic acids is 1. The monoisotopic (exact) mass is 493 g/mol. The molecule has 4 rings (SSSR count). The molecule has 0 radical (unpaired) electrons. The maximum atomic E-state index is 12.8. The molecule has 0 aliphatic carbocycles. The van der Waals surface area contributed by atoms with E-state index in [-0.39, 0.29) is 17.9 Å². The van der Waals surface area contributed by atoms with E-state index in [2.05, 4.69) is 26.5 Å². The van der Waals surface area contributed by atoms with Crippen molar-refractivity contribution in [3.8, 4) is 11.5 Å². The summed E-state index contributed by atoms with van der Waals surface area (Å²) in [5.74, 6) is 0.809. The lowest BCUT2D eigenvalue weighted by molar-refractivity contribution is -0.121. The summed E-state index contributed by atoms with van der Waals surface area (Å²) in [5, 5.41) is 5.21. The summed E-state index contributed by atoms with van der Waals surface area (Å²) in [6, 6.07) is 18.0. The van der Waals surface area contributed by atoms with Crippen molar-refractivity contribution in [2.24, 2.45) is 5.10 Å². The molecule has 0 bridgehead atoms. The Morgan fingerprint density at radius 1 is 1.00 bits per heavy atom. The van der Waals surface area contributed by atoms with E-state index in [4.69, 9.17) is 9.47 Å². The van der Waals surface area contributed by atoms with Gasteiger partial charge in [-0.2, -0.15) is 5.10 Å². The molecular weight excluding hydrogens is 474 g/mol. The minimum atomic E-state index is -0.322. The fourth-order valence-electron chi connectivity index (χ4n) is 3.57. The third-order valence-electron chi connectivity index (χ3n) is 5.08. The number of aromatic nitrogens is 1. The van der Waals surface area contributed by atoms with E-state index in [1.165, 1.54) is 6.21 Å². The Morgan fingerprint density at radius 2 is 1.56 bits per heavy atom. The molecule has 162 valence electrons. The van der Waals surface area contributed by atoms with Gasteiger partial charge in [-0.3, -0.25) is 9.59 Å². The number of hydrogen-bond acceptors (Lipinski definition) is 5. The lowest BCUT2D eigenvalue weighted by Gasteiger charge is -2.14. The molecule has 8 heteroatoms. The molecule has 0 fully saturated rings. The van der Waals surface area contributed by atoms with Gasteiger partial charge in [0.25, 0.3) is 5.91 Å². The third kappa shape index (κ3) is 4.09. The van der Waals surface area contributed by atoms with Crippen molar-refractivity contribution in [1.29, 1.82) is 0 Å². The second kappa shape index (κ2) is 9.23. The van der Waals surface area contributed by atoms with Gasteiger partial charge in [0, 0.05) is 20.8 Å². The number of pyridine rings is 1. The van der Waals surface area contributed by atoms with Crippen molar-refractivity contribution in [3.05, 3.63) is 80.9 Å². The second-order valence-electron chi connectivity index (χ2n) is 6.97. The topological polar surface area (TPSA) is 81.9 Å². The van der Waals surface area contributed by atoms with Crippen molar-refractivity contribution in [2.75, 3.05) is 14.2 Å². The quantitative estimate of drug-likeness (QED) is 0.249. The number of fused-ring (bicyclic) bond motifs is 2. The molecular formula is C24H20BrN3O4. The van der Waals surface area contributed by atoms with Crippen LogP contribution in [0.2, 0.25) is 0 Å². The van der Waals surface area contributed by atoms with E-state index < -0.39 is 0 Å². The van der Waals surface area contributed by atoms with Gasteiger partial charge < -0.3 is 14.0 Å². The van der Waals surface area contributed by atoms with Crippen LogP contribution in [0.5, 0.6) is 11.5 Å². The van der Waals surface area contributed by atoms with Crippen LogP contribution in [0.25, 0.3) is 21.8 Å². The van der Waals surface area contributed by atoms with Crippen LogP contribution in [-0.2, 0) is 11.3 Å². The summed E-state index contributed by atoms with van der Waals surface area (Å²) >= 11 is 3.46. The van der Waals surface area contributed by atoms with Gasteiger partial charge in [0.2, 0.25) is 0 Å². The van der Waals surface area contributed by atoms with E-state index in [1.807, 2.05) is 41.0 Å². The average molecular weight is 494 g/mol. The Kier molecular flexibility index (Phi) is 6.23. The Labute approximate surface area is 192 Å². The molecule has 1 amide bonds. The standard InChI is InChI=1S/C24H20BrN3O4/c1-31-21-11-15(18(25)12-22(21)32-2)13-26-27-23(29)14-28-19-9-5-3-7-16(19)24(30)17-8-4-6-10-20(17)28/h3-13H,14H2,1-2H3,(H,27,29)/b26-13+. The molecule has 1 aromatic heterocycles. The summed E-state index contributed by atoms with van der Waals surface area (Å²) in [6.45, 7) is 0.00570. The summed E-state index contributed by atoms with van der Waals surface area (Å²) in [4.78, 5) is 25.5. The lowest BCUT2D eigenvalue weighted by Crippen LogP contribution is -2.25. The highest BCUT2D eigenvalue weighted by Gasteiger charge is 2.13. The van der Waals surface area contributed by atoms with E-state index in [0.717, 1.165) is 4.47 Å². The van der Waals surface area contributed by atoms with Crippen LogP contribution in [0.1, 0.15) is 5.56 Å². The Morgan fingerprint density at radius 3 is 2.16 bits per heavy atom. The Balaban J connectivity index is 1.62.